The molecule has 1 amide bonds. The Labute approximate surface area is 145 Å². The third kappa shape index (κ3) is 6.33. The first-order valence-corrected chi connectivity index (χ1v) is 9.49. The summed E-state index contributed by atoms with van der Waals surface area (Å²) in [4.78, 5) is 14.2. The number of carbonyl (C=O) groups is 1. The van der Waals surface area contributed by atoms with Crippen LogP contribution in [-0.2, 0) is 4.74 Å². The molecule has 0 spiro atoms. The number of thiophene rings is 2. The number of hydrogen-bond acceptors (Lipinski definition) is 5. The van der Waals surface area contributed by atoms with Crippen molar-refractivity contribution < 1.29 is 9.53 Å². The number of nitrogens with one attached hydrogen (secondary N) is 2. The monoisotopic (exact) mass is 352 g/mol. The van der Waals surface area contributed by atoms with Gasteiger partial charge in [0.05, 0.1) is 6.04 Å². The summed E-state index contributed by atoms with van der Waals surface area (Å²) in [7, 11) is 0. The molecule has 0 aromatic carbocycles. The topological polar surface area (TPSA) is 50.4 Å². The van der Waals surface area contributed by atoms with Crippen LogP contribution in [0.5, 0.6) is 0 Å². The first-order valence-electron chi connectivity index (χ1n) is 7.73. The predicted molar refractivity (Wildman–Crippen MR) is 97.3 cm³/mol. The zero-order chi connectivity index (χ0) is 16.7. The first kappa shape index (κ1) is 18.0. The van der Waals surface area contributed by atoms with Gasteiger partial charge in [0, 0.05) is 16.3 Å². The molecule has 0 aliphatic rings. The van der Waals surface area contributed by atoms with E-state index in [-0.39, 0.29) is 12.1 Å². The summed E-state index contributed by atoms with van der Waals surface area (Å²) in [6.45, 7) is 7.02. The quantitative estimate of drug-likeness (QED) is 0.726. The molecule has 0 atom stereocenters. The number of hydrogen-bond donors (Lipinski definition) is 2. The van der Waals surface area contributed by atoms with Crippen LogP contribution in [-0.4, -0.2) is 24.8 Å². The lowest BCUT2D eigenvalue weighted by atomic mass is 10.2. The van der Waals surface area contributed by atoms with Crippen LogP contribution < -0.4 is 10.6 Å². The molecule has 0 bridgehead atoms. The van der Waals surface area contributed by atoms with E-state index >= 15 is 0 Å². The Bertz CT molecular complexity index is 540. The lowest BCUT2D eigenvalue weighted by molar-refractivity contribution is 0.0527. The van der Waals surface area contributed by atoms with Crippen molar-refractivity contribution in [1.29, 1.82) is 0 Å². The summed E-state index contributed by atoms with van der Waals surface area (Å²) >= 11 is 3.52. The third-order valence-electron chi connectivity index (χ3n) is 3.03. The molecule has 0 radical (unpaired) electrons. The molecule has 6 heteroatoms. The first-order chi connectivity index (χ1) is 11.0. The van der Waals surface area contributed by atoms with Crippen LogP contribution >= 0.6 is 22.7 Å². The Hall–Kier alpha value is -1.37. The van der Waals surface area contributed by atoms with Crippen molar-refractivity contribution >= 4 is 28.8 Å². The fourth-order valence-electron chi connectivity index (χ4n) is 2.09. The van der Waals surface area contributed by atoms with Crippen LogP contribution in [0.4, 0.5) is 4.79 Å². The van der Waals surface area contributed by atoms with E-state index in [2.05, 4.69) is 45.7 Å². The fraction of sp³-hybridized carbons (Fsp3) is 0.471. The molecule has 4 nitrogen and oxygen atoms in total. The highest BCUT2D eigenvalue weighted by Gasteiger charge is 2.16. The van der Waals surface area contributed by atoms with Crippen molar-refractivity contribution in [3.8, 4) is 0 Å². The molecule has 126 valence electrons. The number of alkyl carbamates (subject to hydrolysis) is 1. The zero-order valence-corrected chi connectivity index (χ0v) is 15.4. The lowest BCUT2D eigenvalue weighted by Gasteiger charge is -2.20. The maximum absolute atomic E-state index is 11.6. The van der Waals surface area contributed by atoms with Crippen LogP contribution in [0.3, 0.4) is 0 Å². The van der Waals surface area contributed by atoms with Gasteiger partial charge in [-0.25, -0.2) is 4.79 Å². The fourth-order valence-corrected chi connectivity index (χ4v) is 3.80. The molecule has 2 aromatic rings. The second-order valence-electron chi connectivity index (χ2n) is 6.20. The Balaban J connectivity index is 1.74. The molecule has 2 rings (SSSR count). The minimum atomic E-state index is -0.453. The summed E-state index contributed by atoms with van der Waals surface area (Å²) in [5.41, 5.74) is -0.453. The number of carbonyl (C=O) groups excluding carboxylic acids is 1. The summed E-state index contributed by atoms with van der Waals surface area (Å²) in [6, 6.07) is 8.69. The smallest absolute Gasteiger partial charge is 0.407 e. The Morgan fingerprint density at radius 1 is 1.13 bits per heavy atom. The maximum Gasteiger partial charge on any atom is 0.407 e. The van der Waals surface area contributed by atoms with Gasteiger partial charge in [0.15, 0.2) is 0 Å². The normalized spacial score (nSPS) is 11.7. The molecule has 2 aromatic heterocycles. The van der Waals surface area contributed by atoms with Gasteiger partial charge < -0.3 is 15.4 Å². The van der Waals surface area contributed by atoms with E-state index in [9.17, 15) is 4.79 Å². The molecule has 2 N–H and O–H groups in total. The van der Waals surface area contributed by atoms with Gasteiger partial charge in [0.1, 0.15) is 5.60 Å². The third-order valence-corrected chi connectivity index (χ3v) is 4.90. The molecule has 0 saturated carbocycles. The Kier molecular flexibility index (Phi) is 6.62. The number of amides is 1. The van der Waals surface area contributed by atoms with Crippen molar-refractivity contribution in [3.05, 3.63) is 44.8 Å². The van der Waals surface area contributed by atoms with Crippen molar-refractivity contribution in [2.45, 2.75) is 38.8 Å². The molecular weight excluding hydrogens is 328 g/mol. The predicted octanol–water partition coefficient (Wildman–Crippen LogP) is 4.40. The summed E-state index contributed by atoms with van der Waals surface area (Å²) < 4.78 is 5.22. The summed E-state index contributed by atoms with van der Waals surface area (Å²) in [6.07, 6.45) is 0.498. The zero-order valence-electron chi connectivity index (χ0n) is 13.8. The highest BCUT2D eigenvalue weighted by molar-refractivity contribution is 7.11. The number of ether oxygens (including phenoxy) is 1. The van der Waals surface area contributed by atoms with Gasteiger partial charge in [-0.3, -0.25) is 0 Å². The van der Waals surface area contributed by atoms with Gasteiger partial charge in [-0.2, -0.15) is 0 Å². The van der Waals surface area contributed by atoms with E-state index in [1.54, 1.807) is 22.7 Å². The molecule has 0 aliphatic carbocycles. The van der Waals surface area contributed by atoms with Gasteiger partial charge >= 0.3 is 6.09 Å². The molecule has 0 unspecified atom stereocenters. The molecular formula is C17H24N2O2S2. The van der Waals surface area contributed by atoms with Gasteiger partial charge in [0.25, 0.3) is 0 Å². The number of rotatable bonds is 7. The standard InChI is InChI=1S/C17H24N2O2S2/c1-17(2,3)21-16(20)19-10-6-9-18-15(13-7-4-11-22-13)14-8-5-12-23-14/h4-5,7-8,11-12,15,18H,6,9-10H2,1-3H3,(H,19,20). The second kappa shape index (κ2) is 8.47. The van der Waals surface area contributed by atoms with Gasteiger partial charge in [0.2, 0.25) is 0 Å². The molecule has 0 fully saturated rings. The van der Waals surface area contributed by atoms with Crippen LogP contribution in [0, 0.1) is 0 Å². The molecule has 0 aliphatic heterocycles. The lowest BCUT2D eigenvalue weighted by Crippen LogP contribution is -2.34. The van der Waals surface area contributed by atoms with Gasteiger partial charge in [-0.1, -0.05) is 12.1 Å². The van der Waals surface area contributed by atoms with Crippen LogP contribution in [0.2, 0.25) is 0 Å². The Morgan fingerprint density at radius 2 is 1.74 bits per heavy atom. The molecule has 23 heavy (non-hydrogen) atoms. The van der Waals surface area contributed by atoms with Crippen LogP contribution in [0.15, 0.2) is 35.0 Å². The minimum absolute atomic E-state index is 0.233. The van der Waals surface area contributed by atoms with Crippen LogP contribution in [0.25, 0.3) is 0 Å². The van der Waals surface area contributed by atoms with Crippen molar-refractivity contribution in [3.63, 3.8) is 0 Å². The van der Waals surface area contributed by atoms with Crippen LogP contribution in [0.1, 0.15) is 43.0 Å². The maximum atomic E-state index is 11.6. The van der Waals surface area contributed by atoms with E-state index in [4.69, 9.17) is 4.74 Å². The van der Waals surface area contributed by atoms with E-state index in [0.29, 0.717) is 6.54 Å². The minimum Gasteiger partial charge on any atom is -0.444 e. The van der Waals surface area contributed by atoms with Gasteiger partial charge in [-0.15, -0.1) is 22.7 Å². The van der Waals surface area contributed by atoms with E-state index < -0.39 is 5.60 Å². The van der Waals surface area contributed by atoms with Gasteiger partial charge in [-0.05, 0) is 56.6 Å². The highest BCUT2D eigenvalue weighted by Crippen LogP contribution is 2.28. The largest absolute Gasteiger partial charge is 0.444 e. The van der Waals surface area contributed by atoms with Crippen molar-refractivity contribution in [2.75, 3.05) is 13.1 Å². The van der Waals surface area contributed by atoms with Crippen molar-refractivity contribution in [1.82, 2.24) is 10.6 Å². The van der Waals surface area contributed by atoms with E-state index in [1.807, 2.05) is 20.8 Å². The molecule has 0 saturated heterocycles. The average molecular weight is 353 g/mol. The summed E-state index contributed by atoms with van der Waals surface area (Å²) in [5, 5.41) is 10.6. The van der Waals surface area contributed by atoms with E-state index in [1.165, 1.54) is 9.75 Å². The Morgan fingerprint density at radius 3 is 2.22 bits per heavy atom. The molecule has 2 heterocycles. The van der Waals surface area contributed by atoms with E-state index in [0.717, 1.165) is 13.0 Å². The average Bonchev–Trinajstić information content (AvgIpc) is 3.14. The highest BCUT2D eigenvalue weighted by atomic mass is 32.1. The summed E-state index contributed by atoms with van der Waals surface area (Å²) in [5.74, 6) is 0. The van der Waals surface area contributed by atoms with Crippen molar-refractivity contribution in [2.24, 2.45) is 0 Å². The second-order valence-corrected chi connectivity index (χ2v) is 8.16. The SMILES string of the molecule is CC(C)(C)OC(=O)NCCCNC(c1cccs1)c1cccs1.